The molecule has 0 fully saturated rings. The lowest BCUT2D eigenvalue weighted by molar-refractivity contribution is 0.333. The van der Waals surface area contributed by atoms with Crippen LogP contribution in [0, 0.1) is 0 Å². The van der Waals surface area contributed by atoms with Crippen LogP contribution in [0.25, 0.3) is 44.5 Å². The lowest BCUT2D eigenvalue weighted by Gasteiger charge is -2.43. The number of hydrogen-bond acceptors (Lipinski definition) is 1. The molecule has 1 nitrogen and oxygen atoms in total. The van der Waals surface area contributed by atoms with Crippen LogP contribution in [0.1, 0.15) is 73.9 Å². The average molecular weight is 824 g/mol. The zero-order chi connectivity index (χ0) is 43.5. The summed E-state index contributed by atoms with van der Waals surface area (Å²) >= 11 is 0. The normalized spacial score (nSPS) is 15.1. The molecule has 0 atom stereocenters. The van der Waals surface area contributed by atoms with Crippen LogP contribution < -0.4 is 4.90 Å². The van der Waals surface area contributed by atoms with Crippen molar-refractivity contribution in [3.05, 3.63) is 258 Å². The highest BCUT2D eigenvalue weighted by Gasteiger charge is 2.47. The van der Waals surface area contributed by atoms with Crippen LogP contribution in [0.2, 0.25) is 0 Å². The molecule has 11 rings (SSSR count). The number of benzene rings is 9. The highest BCUT2D eigenvalue weighted by molar-refractivity contribution is 5.97. The van der Waals surface area contributed by atoms with E-state index >= 15 is 0 Å². The first-order chi connectivity index (χ1) is 31.2. The second-order valence-corrected chi connectivity index (χ2v) is 19.1. The maximum Gasteiger partial charge on any atom is 0.0714 e. The van der Waals surface area contributed by atoms with E-state index in [1.807, 2.05) is 0 Å². The largest absolute Gasteiger partial charge is 0.310 e. The van der Waals surface area contributed by atoms with Gasteiger partial charge in [0.15, 0.2) is 0 Å². The van der Waals surface area contributed by atoms with E-state index < -0.39 is 5.41 Å². The third kappa shape index (κ3) is 6.45. The van der Waals surface area contributed by atoms with Gasteiger partial charge in [-0.2, -0.15) is 0 Å². The topological polar surface area (TPSA) is 3.24 Å². The van der Waals surface area contributed by atoms with Crippen LogP contribution in [0.5, 0.6) is 0 Å². The van der Waals surface area contributed by atoms with E-state index in [0.29, 0.717) is 0 Å². The van der Waals surface area contributed by atoms with Gasteiger partial charge in [0, 0.05) is 16.9 Å². The van der Waals surface area contributed by atoms with Gasteiger partial charge in [-0.1, -0.05) is 216 Å². The van der Waals surface area contributed by atoms with E-state index in [2.05, 4.69) is 257 Å². The Kier molecular flexibility index (Phi) is 9.62. The maximum atomic E-state index is 2.52. The highest BCUT2D eigenvalue weighted by Crippen LogP contribution is 2.59. The molecule has 64 heavy (non-hydrogen) atoms. The van der Waals surface area contributed by atoms with Crippen molar-refractivity contribution >= 4 is 17.1 Å². The summed E-state index contributed by atoms with van der Waals surface area (Å²) in [4.78, 5) is 2.47. The van der Waals surface area contributed by atoms with Crippen molar-refractivity contribution in [3.8, 4) is 44.5 Å². The minimum Gasteiger partial charge on any atom is -0.310 e. The Morgan fingerprint density at radius 2 is 0.797 bits per heavy atom. The van der Waals surface area contributed by atoms with Gasteiger partial charge < -0.3 is 4.90 Å². The molecule has 0 unspecified atom stereocenters. The summed E-state index contributed by atoms with van der Waals surface area (Å²) in [6.45, 7) is 9.70. The van der Waals surface area contributed by atoms with Gasteiger partial charge in [0.05, 0.1) is 11.1 Å². The Morgan fingerprint density at radius 3 is 1.44 bits per heavy atom. The van der Waals surface area contributed by atoms with Crippen LogP contribution in [0.15, 0.2) is 224 Å². The van der Waals surface area contributed by atoms with E-state index in [0.717, 1.165) is 17.1 Å². The van der Waals surface area contributed by atoms with Crippen LogP contribution in [-0.4, -0.2) is 0 Å². The smallest absolute Gasteiger partial charge is 0.0714 e. The molecule has 9 aromatic carbocycles. The fourth-order valence-electron chi connectivity index (χ4n) is 11.1. The first-order valence-electron chi connectivity index (χ1n) is 22.9. The molecule has 1 heteroatoms. The quantitative estimate of drug-likeness (QED) is 0.148. The Labute approximate surface area is 379 Å². The lowest BCUT2D eigenvalue weighted by Crippen LogP contribution is -2.34. The fourth-order valence-corrected chi connectivity index (χ4v) is 11.1. The van der Waals surface area contributed by atoms with Crippen molar-refractivity contribution in [2.45, 2.75) is 56.8 Å². The zero-order valence-corrected chi connectivity index (χ0v) is 37.2. The van der Waals surface area contributed by atoms with Crippen LogP contribution in [0.3, 0.4) is 0 Å². The molecule has 2 aliphatic rings. The van der Waals surface area contributed by atoms with Crippen molar-refractivity contribution in [3.63, 3.8) is 0 Å². The molecular weight excluding hydrogens is 771 g/mol. The molecule has 0 radical (unpaired) electrons. The summed E-state index contributed by atoms with van der Waals surface area (Å²) in [7, 11) is 0. The number of hydrogen-bond donors (Lipinski definition) is 0. The standard InChI is InChI=1S/C63H53N/c1-61(2)40-41-62(3,4)60-52(29-19-31-57(60)61)46-32-34-47(35-33-46)54-42-55-53-28-17-18-30-56(53)63(48-22-11-6-12-23-48,49-24-13-7-14-25-49)58(55)43-59(54)64(50-26-15-8-16-27-50)51-38-36-45(37-39-51)44-20-9-5-10-21-44/h5-39,42-43H,40-41H2,1-4H3. The molecule has 0 saturated carbocycles. The first kappa shape index (κ1) is 39.6. The third-order valence-electron chi connectivity index (χ3n) is 14.4. The van der Waals surface area contributed by atoms with E-state index in [1.165, 1.54) is 90.7 Å². The molecular formula is C63H53N. The fraction of sp³-hybridized carbons (Fsp3) is 0.143. The van der Waals surface area contributed by atoms with Crippen molar-refractivity contribution in [1.29, 1.82) is 0 Å². The summed E-state index contributed by atoms with van der Waals surface area (Å²) in [5, 5.41) is 0. The second-order valence-electron chi connectivity index (χ2n) is 19.1. The van der Waals surface area contributed by atoms with Gasteiger partial charge in [0.25, 0.3) is 0 Å². The molecule has 0 aliphatic heterocycles. The summed E-state index contributed by atoms with van der Waals surface area (Å²) in [5.41, 5.74) is 21.0. The van der Waals surface area contributed by atoms with E-state index in [4.69, 9.17) is 0 Å². The summed E-state index contributed by atoms with van der Waals surface area (Å²) in [6, 6.07) is 83.5. The zero-order valence-electron chi connectivity index (χ0n) is 37.2. The van der Waals surface area contributed by atoms with Crippen molar-refractivity contribution in [1.82, 2.24) is 0 Å². The minimum atomic E-state index is -0.544. The van der Waals surface area contributed by atoms with E-state index in [1.54, 1.807) is 0 Å². The van der Waals surface area contributed by atoms with Crippen LogP contribution >= 0.6 is 0 Å². The Hall–Kier alpha value is -7.22. The molecule has 0 aromatic heterocycles. The van der Waals surface area contributed by atoms with Crippen molar-refractivity contribution in [2.24, 2.45) is 0 Å². The van der Waals surface area contributed by atoms with Gasteiger partial charge >= 0.3 is 0 Å². The van der Waals surface area contributed by atoms with Crippen molar-refractivity contribution < 1.29 is 0 Å². The van der Waals surface area contributed by atoms with Gasteiger partial charge in [-0.3, -0.25) is 0 Å². The molecule has 310 valence electrons. The summed E-state index contributed by atoms with van der Waals surface area (Å²) in [5.74, 6) is 0. The Morgan fingerprint density at radius 1 is 0.328 bits per heavy atom. The Balaban J connectivity index is 1.18. The average Bonchev–Trinajstić information content (AvgIpc) is 3.64. The van der Waals surface area contributed by atoms with E-state index in [9.17, 15) is 0 Å². The molecule has 0 bridgehead atoms. The maximum absolute atomic E-state index is 2.52. The molecule has 9 aromatic rings. The first-order valence-corrected chi connectivity index (χ1v) is 22.9. The molecule has 0 saturated heterocycles. The SMILES string of the molecule is CC1(C)CCC(C)(C)c2c(-c3ccc(-c4cc5c(cc4N(c4ccccc4)c4ccc(-c6ccccc6)cc4)C(c4ccccc4)(c4ccccc4)c4ccccc4-5)cc3)cccc21. The number of para-hydroxylation sites is 1. The predicted octanol–water partition coefficient (Wildman–Crippen LogP) is 16.9. The van der Waals surface area contributed by atoms with Gasteiger partial charge in [0.2, 0.25) is 0 Å². The van der Waals surface area contributed by atoms with Gasteiger partial charge in [-0.05, 0) is 132 Å². The molecule has 0 spiro atoms. The number of anilines is 3. The lowest BCUT2D eigenvalue weighted by atomic mass is 9.61. The number of fused-ring (bicyclic) bond motifs is 4. The van der Waals surface area contributed by atoms with Crippen molar-refractivity contribution in [2.75, 3.05) is 4.90 Å². The minimum absolute atomic E-state index is 0.0942. The van der Waals surface area contributed by atoms with E-state index in [-0.39, 0.29) is 10.8 Å². The van der Waals surface area contributed by atoms with Gasteiger partial charge in [-0.15, -0.1) is 0 Å². The molecule has 0 N–H and O–H groups in total. The van der Waals surface area contributed by atoms with Crippen LogP contribution in [-0.2, 0) is 16.2 Å². The molecule has 2 aliphatic carbocycles. The molecule has 0 amide bonds. The monoisotopic (exact) mass is 823 g/mol. The summed E-state index contributed by atoms with van der Waals surface area (Å²) in [6.07, 6.45) is 2.37. The molecule has 0 heterocycles. The third-order valence-corrected chi connectivity index (χ3v) is 14.4. The Bertz CT molecular complexity index is 3070. The number of nitrogens with zero attached hydrogens (tertiary/aromatic N) is 1. The predicted molar refractivity (Wildman–Crippen MR) is 270 cm³/mol. The highest BCUT2D eigenvalue weighted by atomic mass is 15.1. The summed E-state index contributed by atoms with van der Waals surface area (Å²) < 4.78 is 0. The van der Waals surface area contributed by atoms with Gasteiger partial charge in [-0.25, -0.2) is 0 Å². The van der Waals surface area contributed by atoms with Gasteiger partial charge in [0.1, 0.15) is 0 Å². The van der Waals surface area contributed by atoms with Crippen LogP contribution in [0.4, 0.5) is 17.1 Å². The number of rotatable bonds is 8. The second kappa shape index (κ2) is 15.5.